The summed E-state index contributed by atoms with van der Waals surface area (Å²) in [5.41, 5.74) is 6.28. The summed E-state index contributed by atoms with van der Waals surface area (Å²) in [6, 6.07) is 15.1. The van der Waals surface area contributed by atoms with Crippen LogP contribution in [0, 0.1) is 12.8 Å². The Hall–Kier alpha value is -3.09. The van der Waals surface area contributed by atoms with E-state index in [0.717, 1.165) is 72.9 Å². The molecule has 3 heterocycles. The average molecular weight is 483 g/mol. The van der Waals surface area contributed by atoms with Gasteiger partial charge in [-0.3, -0.25) is 9.97 Å². The number of hydrogen-bond acceptors (Lipinski definition) is 5. The highest BCUT2D eigenvalue weighted by Gasteiger charge is 2.51. The summed E-state index contributed by atoms with van der Waals surface area (Å²) in [5, 5.41) is 17.3. The van der Waals surface area contributed by atoms with Gasteiger partial charge >= 0.3 is 0 Å². The number of pyridine rings is 2. The van der Waals surface area contributed by atoms with Crippen molar-refractivity contribution in [2.45, 2.75) is 62.9 Å². The lowest BCUT2D eigenvalue weighted by Gasteiger charge is -2.50. The van der Waals surface area contributed by atoms with Gasteiger partial charge in [-0.2, -0.15) is 5.10 Å². The second kappa shape index (κ2) is 9.09. The average Bonchev–Trinajstić information content (AvgIpc) is 3.23. The van der Waals surface area contributed by atoms with E-state index in [2.05, 4.69) is 35.3 Å². The molecule has 0 amide bonds. The number of hydrogen-bond donors (Lipinski definition) is 1. The maximum Gasteiger partial charge on any atom is 0.0883 e. The Labute approximate surface area is 212 Å². The summed E-state index contributed by atoms with van der Waals surface area (Å²) in [6.45, 7) is 2.41. The lowest BCUT2D eigenvalue weighted by atomic mass is 9.56. The molecular formula is C30H34N4O2. The van der Waals surface area contributed by atoms with Crippen LogP contribution >= 0.6 is 0 Å². The summed E-state index contributed by atoms with van der Waals surface area (Å²) >= 11 is 0. The molecule has 36 heavy (non-hydrogen) atoms. The first-order valence-electron chi connectivity index (χ1n) is 13.1. The zero-order chi connectivity index (χ0) is 24.8. The Balaban J connectivity index is 1.50. The van der Waals surface area contributed by atoms with Crippen molar-refractivity contribution in [3.63, 3.8) is 0 Å². The van der Waals surface area contributed by atoms with Crippen LogP contribution in [-0.4, -0.2) is 44.2 Å². The van der Waals surface area contributed by atoms with Gasteiger partial charge in [-0.15, -0.1) is 0 Å². The number of aryl methyl sites for hydroxylation is 2. The van der Waals surface area contributed by atoms with Crippen LogP contribution in [0.4, 0.5) is 0 Å². The number of benzene rings is 1. The second-order valence-corrected chi connectivity index (χ2v) is 10.9. The lowest BCUT2D eigenvalue weighted by molar-refractivity contribution is -0.0899. The summed E-state index contributed by atoms with van der Waals surface area (Å²) in [7, 11) is 1.69. The first-order valence-corrected chi connectivity index (χ1v) is 13.1. The van der Waals surface area contributed by atoms with Crippen LogP contribution in [0.1, 0.15) is 54.6 Å². The van der Waals surface area contributed by atoms with Crippen LogP contribution in [0.5, 0.6) is 0 Å². The minimum absolute atomic E-state index is 0.0658. The molecule has 3 aromatic heterocycles. The summed E-state index contributed by atoms with van der Waals surface area (Å²) in [4.78, 5) is 9.09. The van der Waals surface area contributed by atoms with Gasteiger partial charge in [0.05, 0.1) is 29.6 Å². The van der Waals surface area contributed by atoms with Crippen LogP contribution in [-0.2, 0) is 23.0 Å². The first-order chi connectivity index (χ1) is 17.5. The minimum atomic E-state index is -0.758. The van der Waals surface area contributed by atoms with Crippen LogP contribution in [0.15, 0.2) is 61.1 Å². The molecule has 6 rings (SSSR count). The van der Waals surface area contributed by atoms with Crippen molar-refractivity contribution in [3.8, 4) is 5.69 Å². The van der Waals surface area contributed by atoms with Crippen molar-refractivity contribution in [2.75, 3.05) is 13.7 Å². The van der Waals surface area contributed by atoms with E-state index in [1.165, 1.54) is 11.1 Å². The van der Waals surface area contributed by atoms with Crippen LogP contribution in [0.2, 0.25) is 0 Å². The summed E-state index contributed by atoms with van der Waals surface area (Å²) < 4.78 is 7.49. The van der Waals surface area contributed by atoms with Crippen LogP contribution in [0.3, 0.4) is 0 Å². The van der Waals surface area contributed by atoms with E-state index in [0.29, 0.717) is 12.5 Å². The van der Waals surface area contributed by atoms with Gasteiger partial charge < -0.3 is 9.84 Å². The standard InChI is InChI=1S/C30H34N4O2/c1-21-14-26(9-13-31-21)34-28-16-22-6-5-7-24-17-29(35,20-36-2)10-11-30(24,18-25-8-3-4-12-32-25)27(22)15-23(28)19-33-34/h3-4,8-9,12-16,19,24,35H,5-7,10-11,17-18,20H2,1-2H3/t24-,29+,30-/m0/s1. The molecule has 1 fully saturated rings. The molecule has 0 aliphatic heterocycles. The number of aromatic nitrogens is 4. The molecule has 4 aromatic rings. The Kier molecular flexibility index (Phi) is 5.89. The van der Waals surface area contributed by atoms with E-state index in [1.54, 1.807) is 7.11 Å². The third kappa shape index (κ3) is 4.02. The Morgan fingerprint density at radius 2 is 2.03 bits per heavy atom. The van der Waals surface area contributed by atoms with Crippen LogP contribution < -0.4 is 0 Å². The van der Waals surface area contributed by atoms with E-state index in [4.69, 9.17) is 14.8 Å². The largest absolute Gasteiger partial charge is 0.387 e. The quantitative estimate of drug-likeness (QED) is 0.428. The topological polar surface area (TPSA) is 73.1 Å². The van der Waals surface area contributed by atoms with Gasteiger partial charge in [-0.25, -0.2) is 4.68 Å². The predicted octanol–water partition coefficient (Wildman–Crippen LogP) is 5.12. The van der Waals surface area contributed by atoms with Crippen molar-refractivity contribution in [1.82, 2.24) is 19.7 Å². The molecule has 0 spiro atoms. The Morgan fingerprint density at radius 1 is 1.11 bits per heavy atom. The van der Waals surface area contributed by atoms with E-state index in [9.17, 15) is 5.11 Å². The minimum Gasteiger partial charge on any atom is -0.387 e. The molecule has 6 nitrogen and oxygen atoms in total. The van der Waals surface area contributed by atoms with Crippen molar-refractivity contribution < 1.29 is 9.84 Å². The molecule has 3 atom stereocenters. The smallest absolute Gasteiger partial charge is 0.0883 e. The molecule has 1 saturated carbocycles. The third-order valence-electron chi connectivity index (χ3n) is 8.53. The number of fused-ring (bicyclic) bond motifs is 4. The molecule has 0 bridgehead atoms. The van der Waals surface area contributed by atoms with Crippen molar-refractivity contribution in [1.29, 1.82) is 0 Å². The predicted molar refractivity (Wildman–Crippen MR) is 140 cm³/mol. The molecule has 0 radical (unpaired) electrons. The van der Waals surface area contributed by atoms with Gasteiger partial charge in [0.2, 0.25) is 0 Å². The van der Waals surface area contributed by atoms with E-state index in [1.807, 2.05) is 42.3 Å². The Bertz CT molecular complexity index is 1380. The SMILES string of the molecule is COC[C@@]1(O)CC[C@@]2(Cc3ccccn3)c3cc4cnn(-c5ccnc(C)c5)c4cc3CCC[C@H]2C1. The molecule has 1 aromatic carbocycles. The van der Waals surface area contributed by atoms with Gasteiger partial charge in [0, 0.05) is 41.7 Å². The normalized spacial score (nSPS) is 25.8. The number of nitrogens with zero attached hydrogens (tertiary/aromatic N) is 4. The van der Waals surface area contributed by atoms with Crippen LogP contribution in [0.25, 0.3) is 16.6 Å². The van der Waals surface area contributed by atoms with Gasteiger partial charge in [-0.1, -0.05) is 6.07 Å². The fourth-order valence-electron chi connectivity index (χ4n) is 6.90. The molecular weight excluding hydrogens is 448 g/mol. The lowest BCUT2D eigenvalue weighted by Crippen LogP contribution is -2.51. The molecule has 0 unspecified atom stereocenters. The molecule has 6 heteroatoms. The molecule has 2 aliphatic carbocycles. The third-order valence-corrected chi connectivity index (χ3v) is 8.53. The summed E-state index contributed by atoms with van der Waals surface area (Å²) in [5.74, 6) is 0.366. The second-order valence-electron chi connectivity index (χ2n) is 10.9. The van der Waals surface area contributed by atoms with Gasteiger partial charge in [0.15, 0.2) is 0 Å². The van der Waals surface area contributed by atoms with Crippen molar-refractivity contribution in [2.24, 2.45) is 5.92 Å². The van der Waals surface area contributed by atoms with Gasteiger partial charge in [0.25, 0.3) is 0 Å². The zero-order valence-electron chi connectivity index (χ0n) is 21.2. The fourth-order valence-corrected chi connectivity index (χ4v) is 6.90. The number of ether oxygens (including phenoxy) is 1. The first kappa shape index (κ1) is 23.3. The van der Waals surface area contributed by atoms with E-state index < -0.39 is 5.60 Å². The fraction of sp³-hybridized carbons (Fsp3) is 0.433. The number of methoxy groups -OCH3 is 1. The number of rotatable bonds is 5. The highest BCUT2D eigenvalue weighted by Crippen LogP contribution is 2.54. The monoisotopic (exact) mass is 482 g/mol. The van der Waals surface area contributed by atoms with E-state index in [-0.39, 0.29) is 5.41 Å². The molecule has 1 N–H and O–H groups in total. The van der Waals surface area contributed by atoms with E-state index >= 15 is 0 Å². The van der Waals surface area contributed by atoms with Crippen molar-refractivity contribution >= 4 is 10.9 Å². The summed E-state index contributed by atoms with van der Waals surface area (Å²) in [6.07, 6.45) is 12.3. The highest BCUT2D eigenvalue weighted by atomic mass is 16.5. The van der Waals surface area contributed by atoms with Crippen molar-refractivity contribution in [3.05, 3.63) is 83.6 Å². The molecule has 186 valence electrons. The highest BCUT2D eigenvalue weighted by molar-refractivity contribution is 5.82. The number of aliphatic hydroxyl groups is 1. The Morgan fingerprint density at radius 3 is 2.83 bits per heavy atom. The van der Waals surface area contributed by atoms with Gasteiger partial charge in [-0.05, 0) is 105 Å². The zero-order valence-corrected chi connectivity index (χ0v) is 21.2. The maximum atomic E-state index is 11.4. The van der Waals surface area contributed by atoms with Gasteiger partial charge in [0.1, 0.15) is 0 Å². The molecule has 2 aliphatic rings. The maximum absolute atomic E-state index is 11.4. The molecule has 0 saturated heterocycles.